The number of carbonyl (C=O) groups is 1. The minimum atomic E-state index is -1.30. The molecular formula is C16H14ClNO3S. The number of thiophene rings is 1. The number of hydrogen-bond donors (Lipinski definition) is 2. The number of benzene rings is 1. The SMILES string of the molecule is C[C@](O)(CNC(=O)c1ccc(Cl)s1)c1cc2ccccc2o1. The third kappa shape index (κ3) is 3.02. The minimum Gasteiger partial charge on any atom is -0.458 e. The van der Waals surface area contributed by atoms with Gasteiger partial charge in [-0.25, -0.2) is 0 Å². The maximum absolute atomic E-state index is 12.0. The molecule has 1 atom stereocenters. The molecule has 0 bridgehead atoms. The van der Waals surface area contributed by atoms with Gasteiger partial charge >= 0.3 is 0 Å². The van der Waals surface area contributed by atoms with E-state index >= 15 is 0 Å². The molecule has 114 valence electrons. The van der Waals surface area contributed by atoms with Crippen molar-refractivity contribution >= 4 is 39.8 Å². The third-order valence-corrected chi connectivity index (χ3v) is 4.58. The van der Waals surface area contributed by atoms with Crippen LogP contribution >= 0.6 is 22.9 Å². The summed E-state index contributed by atoms with van der Waals surface area (Å²) in [6, 6.07) is 12.6. The highest BCUT2D eigenvalue weighted by Crippen LogP contribution is 2.28. The fourth-order valence-electron chi connectivity index (χ4n) is 2.11. The van der Waals surface area contributed by atoms with E-state index in [4.69, 9.17) is 16.0 Å². The van der Waals surface area contributed by atoms with E-state index in [0.717, 1.165) is 5.39 Å². The molecule has 2 N–H and O–H groups in total. The van der Waals surface area contributed by atoms with E-state index in [1.165, 1.54) is 11.3 Å². The van der Waals surface area contributed by atoms with Gasteiger partial charge in [0, 0.05) is 5.39 Å². The summed E-state index contributed by atoms with van der Waals surface area (Å²) in [5.41, 5.74) is -0.593. The Kier molecular flexibility index (Phi) is 3.95. The van der Waals surface area contributed by atoms with Gasteiger partial charge in [-0.3, -0.25) is 4.79 Å². The zero-order valence-electron chi connectivity index (χ0n) is 11.8. The summed E-state index contributed by atoms with van der Waals surface area (Å²) in [6.45, 7) is 1.65. The van der Waals surface area contributed by atoms with E-state index in [2.05, 4.69) is 5.32 Å². The first-order chi connectivity index (χ1) is 10.5. The Bertz CT molecular complexity index is 789. The smallest absolute Gasteiger partial charge is 0.261 e. The lowest BCUT2D eigenvalue weighted by atomic mass is 10.0. The van der Waals surface area contributed by atoms with E-state index in [0.29, 0.717) is 20.6 Å². The van der Waals surface area contributed by atoms with E-state index in [1.54, 1.807) is 25.1 Å². The van der Waals surface area contributed by atoms with Crippen LogP contribution in [0.1, 0.15) is 22.4 Å². The van der Waals surface area contributed by atoms with Gasteiger partial charge < -0.3 is 14.8 Å². The first kappa shape index (κ1) is 15.1. The van der Waals surface area contributed by atoms with Crippen molar-refractivity contribution in [1.82, 2.24) is 5.32 Å². The zero-order chi connectivity index (χ0) is 15.7. The fraction of sp³-hybridized carbons (Fsp3) is 0.188. The zero-order valence-corrected chi connectivity index (χ0v) is 13.4. The van der Waals surface area contributed by atoms with Crippen molar-refractivity contribution in [2.45, 2.75) is 12.5 Å². The number of halogens is 1. The first-order valence-electron chi connectivity index (χ1n) is 6.71. The molecule has 0 spiro atoms. The van der Waals surface area contributed by atoms with Gasteiger partial charge in [-0.1, -0.05) is 29.8 Å². The lowest BCUT2D eigenvalue weighted by Gasteiger charge is -2.20. The van der Waals surface area contributed by atoms with Crippen LogP contribution in [0.5, 0.6) is 0 Å². The molecule has 0 fully saturated rings. The van der Waals surface area contributed by atoms with Gasteiger partial charge in [0.15, 0.2) is 0 Å². The molecule has 0 saturated heterocycles. The highest BCUT2D eigenvalue weighted by molar-refractivity contribution is 7.17. The highest BCUT2D eigenvalue weighted by Gasteiger charge is 2.28. The Labute approximate surface area is 136 Å². The summed E-state index contributed by atoms with van der Waals surface area (Å²) >= 11 is 7.00. The predicted molar refractivity (Wildman–Crippen MR) is 87.4 cm³/mol. The van der Waals surface area contributed by atoms with Crippen LogP contribution in [0.2, 0.25) is 4.34 Å². The molecule has 2 heterocycles. The summed E-state index contributed by atoms with van der Waals surface area (Å²) in [5.74, 6) is 0.145. The molecule has 6 heteroatoms. The maximum Gasteiger partial charge on any atom is 0.261 e. The van der Waals surface area contributed by atoms with E-state index in [-0.39, 0.29) is 12.5 Å². The number of furan rings is 1. The molecule has 0 radical (unpaired) electrons. The van der Waals surface area contributed by atoms with Crippen molar-refractivity contribution in [2.24, 2.45) is 0 Å². The van der Waals surface area contributed by atoms with Crippen LogP contribution in [0.15, 0.2) is 46.9 Å². The van der Waals surface area contributed by atoms with E-state index in [9.17, 15) is 9.90 Å². The summed E-state index contributed by atoms with van der Waals surface area (Å²) in [5, 5.41) is 14.2. The largest absolute Gasteiger partial charge is 0.458 e. The lowest BCUT2D eigenvalue weighted by Crippen LogP contribution is -2.38. The van der Waals surface area contributed by atoms with E-state index in [1.807, 2.05) is 24.3 Å². The number of amides is 1. The first-order valence-corrected chi connectivity index (χ1v) is 7.90. The monoisotopic (exact) mass is 335 g/mol. The molecule has 4 nitrogen and oxygen atoms in total. The Morgan fingerprint density at radius 1 is 1.36 bits per heavy atom. The second kappa shape index (κ2) is 5.76. The number of hydrogen-bond acceptors (Lipinski definition) is 4. The van der Waals surface area contributed by atoms with Crippen molar-refractivity contribution < 1.29 is 14.3 Å². The summed E-state index contributed by atoms with van der Waals surface area (Å²) in [6.07, 6.45) is 0. The molecule has 2 aromatic heterocycles. The summed E-state index contributed by atoms with van der Waals surface area (Å²) in [7, 11) is 0. The number of rotatable bonds is 4. The Morgan fingerprint density at radius 2 is 2.14 bits per heavy atom. The number of carbonyl (C=O) groups excluding carboxylic acids is 1. The molecule has 1 amide bonds. The fourth-order valence-corrected chi connectivity index (χ4v) is 3.07. The number of nitrogens with one attached hydrogen (secondary N) is 1. The van der Waals surface area contributed by atoms with Gasteiger partial charge in [-0.2, -0.15) is 0 Å². The second-order valence-corrected chi connectivity index (χ2v) is 6.92. The van der Waals surface area contributed by atoms with Gasteiger partial charge in [0.2, 0.25) is 0 Å². The Morgan fingerprint density at radius 3 is 2.82 bits per heavy atom. The lowest BCUT2D eigenvalue weighted by molar-refractivity contribution is 0.0345. The normalized spacial score (nSPS) is 14.0. The van der Waals surface area contributed by atoms with Crippen molar-refractivity contribution in [1.29, 1.82) is 0 Å². The molecule has 0 unspecified atom stereocenters. The highest BCUT2D eigenvalue weighted by atomic mass is 35.5. The standard InChI is InChI=1S/C16H14ClNO3S/c1-16(20,9-18-15(19)12-6-7-14(17)22-12)13-8-10-4-2-3-5-11(10)21-13/h2-8,20H,9H2,1H3,(H,18,19)/t16-/m0/s1. The van der Waals surface area contributed by atoms with Crippen LogP contribution in [-0.2, 0) is 5.60 Å². The predicted octanol–water partition coefficient (Wildman–Crippen LogP) is 3.79. The van der Waals surface area contributed by atoms with Crippen LogP contribution < -0.4 is 5.32 Å². The van der Waals surface area contributed by atoms with E-state index < -0.39 is 5.60 Å². The molecule has 0 aliphatic carbocycles. The van der Waals surface area contributed by atoms with Gasteiger partial charge in [-0.15, -0.1) is 11.3 Å². The average Bonchev–Trinajstić information content (AvgIpc) is 3.11. The minimum absolute atomic E-state index is 0.0428. The van der Waals surface area contributed by atoms with Crippen LogP contribution in [0.3, 0.4) is 0 Å². The van der Waals surface area contributed by atoms with Gasteiger partial charge in [0.1, 0.15) is 16.9 Å². The number of para-hydroxylation sites is 1. The number of aliphatic hydroxyl groups is 1. The summed E-state index contributed by atoms with van der Waals surface area (Å²) < 4.78 is 6.21. The molecule has 3 aromatic rings. The van der Waals surface area contributed by atoms with Crippen LogP contribution in [0.25, 0.3) is 11.0 Å². The van der Waals surface area contributed by atoms with Gasteiger partial charge in [0.25, 0.3) is 5.91 Å². The molecule has 22 heavy (non-hydrogen) atoms. The van der Waals surface area contributed by atoms with Crippen molar-refractivity contribution in [3.8, 4) is 0 Å². The average molecular weight is 336 g/mol. The molecular weight excluding hydrogens is 322 g/mol. The molecule has 3 rings (SSSR count). The molecule has 0 aliphatic heterocycles. The quantitative estimate of drug-likeness (QED) is 0.762. The summed E-state index contributed by atoms with van der Waals surface area (Å²) in [4.78, 5) is 12.5. The van der Waals surface area contributed by atoms with Gasteiger partial charge in [-0.05, 0) is 31.2 Å². The third-order valence-electron chi connectivity index (χ3n) is 3.35. The molecule has 0 saturated carbocycles. The van der Waals surface area contributed by atoms with Crippen molar-refractivity contribution in [2.75, 3.05) is 6.54 Å². The van der Waals surface area contributed by atoms with Crippen molar-refractivity contribution in [3.05, 3.63) is 57.4 Å². The Balaban J connectivity index is 1.74. The molecule has 1 aromatic carbocycles. The topological polar surface area (TPSA) is 62.5 Å². The van der Waals surface area contributed by atoms with Crippen LogP contribution in [-0.4, -0.2) is 17.6 Å². The maximum atomic E-state index is 12.0. The van der Waals surface area contributed by atoms with Crippen LogP contribution in [0, 0.1) is 0 Å². The number of fused-ring (bicyclic) bond motifs is 1. The van der Waals surface area contributed by atoms with Gasteiger partial charge in [0.05, 0.1) is 15.8 Å². The molecule has 0 aliphatic rings. The van der Waals surface area contributed by atoms with Crippen LogP contribution in [0.4, 0.5) is 0 Å². The van der Waals surface area contributed by atoms with Crippen molar-refractivity contribution in [3.63, 3.8) is 0 Å². The Hall–Kier alpha value is -1.82. The second-order valence-electron chi connectivity index (χ2n) is 5.21.